The summed E-state index contributed by atoms with van der Waals surface area (Å²) in [6.45, 7) is 3.78. The van der Waals surface area contributed by atoms with Crippen LogP contribution in [0.3, 0.4) is 0 Å². The van der Waals surface area contributed by atoms with E-state index in [2.05, 4.69) is 4.98 Å². The molecule has 1 aromatic carbocycles. The Morgan fingerprint density at radius 3 is 2.05 bits per heavy atom. The molecule has 112 valence electrons. The number of pyridine rings is 1. The zero-order valence-corrected chi connectivity index (χ0v) is 11.9. The normalized spacial score (nSPS) is 13.2. The van der Waals surface area contributed by atoms with Gasteiger partial charge < -0.3 is 5.73 Å². The average molecular weight is 294 g/mol. The van der Waals surface area contributed by atoms with E-state index in [1.54, 1.807) is 0 Å². The summed E-state index contributed by atoms with van der Waals surface area (Å²) in [6.07, 6.45) is -3.82. The zero-order valence-electron chi connectivity index (χ0n) is 11.9. The molecule has 2 aromatic rings. The van der Waals surface area contributed by atoms with Crippen LogP contribution in [0.15, 0.2) is 36.4 Å². The lowest BCUT2D eigenvalue weighted by atomic mass is 9.98. The van der Waals surface area contributed by atoms with Gasteiger partial charge in [0.2, 0.25) is 0 Å². The Labute approximate surface area is 121 Å². The number of aromatic nitrogens is 1. The van der Waals surface area contributed by atoms with Gasteiger partial charge in [0.25, 0.3) is 0 Å². The number of nitrogens with zero attached hydrogens (tertiary/aromatic N) is 1. The average Bonchev–Trinajstić information content (AvgIpc) is 2.37. The lowest BCUT2D eigenvalue weighted by molar-refractivity contribution is -0.137. The molecule has 0 aliphatic heterocycles. The lowest BCUT2D eigenvalue weighted by Gasteiger charge is -2.14. The number of aryl methyl sites for hydroxylation is 2. The Morgan fingerprint density at radius 1 is 1.05 bits per heavy atom. The van der Waals surface area contributed by atoms with Crippen LogP contribution in [0.25, 0.3) is 0 Å². The molecular weight excluding hydrogens is 277 g/mol. The predicted molar refractivity (Wildman–Crippen MR) is 75.8 cm³/mol. The van der Waals surface area contributed by atoms with Crippen LogP contribution in [-0.4, -0.2) is 4.98 Å². The van der Waals surface area contributed by atoms with Gasteiger partial charge in [-0.2, -0.15) is 13.2 Å². The number of alkyl halides is 3. The van der Waals surface area contributed by atoms with Gasteiger partial charge in [0.15, 0.2) is 0 Å². The van der Waals surface area contributed by atoms with Gasteiger partial charge in [0.1, 0.15) is 0 Å². The second-order valence-corrected chi connectivity index (χ2v) is 5.19. The Hall–Kier alpha value is -1.88. The third-order valence-electron chi connectivity index (χ3n) is 3.27. The molecular formula is C16H17F3N2. The molecule has 2 rings (SSSR count). The molecule has 0 spiro atoms. The van der Waals surface area contributed by atoms with E-state index in [1.165, 1.54) is 12.1 Å². The molecule has 0 radical (unpaired) electrons. The number of hydrogen-bond donors (Lipinski definition) is 1. The Morgan fingerprint density at radius 2 is 1.57 bits per heavy atom. The molecule has 21 heavy (non-hydrogen) atoms. The van der Waals surface area contributed by atoms with Crippen molar-refractivity contribution in [3.8, 4) is 0 Å². The summed E-state index contributed by atoms with van der Waals surface area (Å²) in [5.74, 6) is 0. The van der Waals surface area contributed by atoms with Crippen molar-refractivity contribution < 1.29 is 13.2 Å². The number of halogens is 3. The number of rotatable bonds is 3. The van der Waals surface area contributed by atoms with Crippen LogP contribution >= 0.6 is 0 Å². The lowest BCUT2D eigenvalue weighted by Crippen LogP contribution is -2.14. The largest absolute Gasteiger partial charge is 0.416 e. The maximum absolute atomic E-state index is 12.5. The fourth-order valence-electron chi connectivity index (χ4n) is 2.28. The van der Waals surface area contributed by atoms with Crippen LogP contribution in [0.1, 0.15) is 34.1 Å². The highest BCUT2D eigenvalue weighted by Crippen LogP contribution is 2.29. The summed E-state index contributed by atoms with van der Waals surface area (Å²) in [7, 11) is 0. The van der Waals surface area contributed by atoms with Crippen molar-refractivity contribution in [1.82, 2.24) is 4.98 Å². The number of benzene rings is 1. The minimum Gasteiger partial charge on any atom is -0.324 e. The van der Waals surface area contributed by atoms with Crippen LogP contribution in [0.2, 0.25) is 0 Å². The Balaban J connectivity index is 2.14. The van der Waals surface area contributed by atoms with Crippen molar-refractivity contribution >= 4 is 0 Å². The highest BCUT2D eigenvalue weighted by Gasteiger charge is 2.29. The fourth-order valence-corrected chi connectivity index (χ4v) is 2.28. The van der Waals surface area contributed by atoms with E-state index in [4.69, 9.17) is 5.73 Å². The van der Waals surface area contributed by atoms with Crippen LogP contribution in [0.4, 0.5) is 13.2 Å². The SMILES string of the molecule is Cc1cc(C(N)Cc2ccc(C(F)(F)F)cc2)cc(C)n1. The summed E-state index contributed by atoms with van der Waals surface area (Å²) in [5.41, 5.74) is 8.98. The molecule has 1 aromatic heterocycles. The van der Waals surface area contributed by atoms with E-state index in [1.807, 2.05) is 26.0 Å². The molecule has 0 saturated carbocycles. The molecule has 0 bridgehead atoms. The molecule has 1 heterocycles. The smallest absolute Gasteiger partial charge is 0.324 e. The highest BCUT2D eigenvalue weighted by atomic mass is 19.4. The molecule has 0 amide bonds. The molecule has 5 heteroatoms. The van der Waals surface area contributed by atoms with Crippen LogP contribution in [0, 0.1) is 13.8 Å². The number of hydrogen-bond acceptors (Lipinski definition) is 2. The van der Waals surface area contributed by atoms with Crippen molar-refractivity contribution in [3.05, 3.63) is 64.5 Å². The first-order chi connectivity index (χ1) is 9.75. The van der Waals surface area contributed by atoms with Crippen LogP contribution in [0.5, 0.6) is 0 Å². The minimum atomic E-state index is -4.31. The van der Waals surface area contributed by atoms with Gasteiger partial charge in [-0.15, -0.1) is 0 Å². The Bertz CT molecular complexity index is 598. The first kappa shape index (κ1) is 15.5. The van der Waals surface area contributed by atoms with Gasteiger partial charge in [-0.1, -0.05) is 12.1 Å². The van der Waals surface area contributed by atoms with E-state index in [9.17, 15) is 13.2 Å². The second kappa shape index (κ2) is 5.85. The molecule has 0 saturated heterocycles. The maximum atomic E-state index is 12.5. The maximum Gasteiger partial charge on any atom is 0.416 e. The Kier molecular flexibility index (Phi) is 4.32. The van der Waals surface area contributed by atoms with E-state index in [-0.39, 0.29) is 6.04 Å². The highest BCUT2D eigenvalue weighted by molar-refractivity contribution is 5.28. The number of nitrogens with two attached hydrogens (primary N) is 1. The fraction of sp³-hybridized carbons (Fsp3) is 0.312. The summed E-state index contributed by atoms with van der Waals surface area (Å²) < 4.78 is 37.5. The third kappa shape index (κ3) is 4.04. The van der Waals surface area contributed by atoms with E-state index >= 15 is 0 Å². The minimum absolute atomic E-state index is 0.262. The summed E-state index contributed by atoms with van der Waals surface area (Å²) in [6, 6.07) is 8.68. The van der Waals surface area contributed by atoms with Crippen molar-refractivity contribution in [1.29, 1.82) is 0 Å². The molecule has 2 nitrogen and oxygen atoms in total. The molecule has 1 unspecified atom stereocenters. The van der Waals surface area contributed by atoms with E-state index < -0.39 is 11.7 Å². The standard InChI is InChI=1S/C16H17F3N2/c1-10-7-13(8-11(2)21-10)15(20)9-12-3-5-14(6-4-12)16(17,18)19/h3-8,15H,9,20H2,1-2H3. The van der Waals surface area contributed by atoms with Crippen LogP contribution < -0.4 is 5.73 Å². The van der Waals surface area contributed by atoms with Crippen molar-refractivity contribution in [3.63, 3.8) is 0 Å². The van der Waals surface area contributed by atoms with Crippen molar-refractivity contribution in [2.75, 3.05) is 0 Å². The summed E-state index contributed by atoms with van der Waals surface area (Å²) in [4.78, 5) is 4.28. The molecule has 2 N–H and O–H groups in total. The molecule has 0 fully saturated rings. The van der Waals surface area contributed by atoms with E-state index in [0.29, 0.717) is 6.42 Å². The first-order valence-corrected chi connectivity index (χ1v) is 6.62. The van der Waals surface area contributed by atoms with E-state index in [0.717, 1.165) is 34.6 Å². The molecule has 0 aliphatic carbocycles. The van der Waals surface area contributed by atoms with Gasteiger partial charge in [-0.05, 0) is 55.7 Å². The zero-order chi connectivity index (χ0) is 15.6. The first-order valence-electron chi connectivity index (χ1n) is 6.62. The monoisotopic (exact) mass is 294 g/mol. The van der Waals surface area contributed by atoms with Gasteiger partial charge in [0, 0.05) is 17.4 Å². The second-order valence-electron chi connectivity index (χ2n) is 5.19. The van der Waals surface area contributed by atoms with Gasteiger partial charge >= 0.3 is 6.18 Å². The summed E-state index contributed by atoms with van der Waals surface area (Å²) >= 11 is 0. The van der Waals surface area contributed by atoms with Gasteiger partial charge in [-0.3, -0.25) is 4.98 Å². The molecule has 1 atom stereocenters. The predicted octanol–water partition coefficient (Wildman–Crippen LogP) is 3.96. The van der Waals surface area contributed by atoms with Gasteiger partial charge in [0.05, 0.1) is 5.56 Å². The molecule has 0 aliphatic rings. The van der Waals surface area contributed by atoms with Crippen LogP contribution in [-0.2, 0) is 12.6 Å². The summed E-state index contributed by atoms with van der Waals surface area (Å²) in [5, 5.41) is 0. The van der Waals surface area contributed by atoms with Crippen molar-refractivity contribution in [2.45, 2.75) is 32.5 Å². The topological polar surface area (TPSA) is 38.9 Å². The van der Waals surface area contributed by atoms with Crippen molar-refractivity contribution in [2.24, 2.45) is 5.73 Å². The third-order valence-corrected chi connectivity index (χ3v) is 3.27. The quantitative estimate of drug-likeness (QED) is 0.930. The van der Waals surface area contributed by atoms with Gasteiger partial charge in [-0.25, -0.2) is 0 Å².